The smallest absolute Gasteiger partial charge is 0.227 e. The van der Waals surface area contributed by atoms with Crippen LogP contribution in [0.1, 0.15) is 17.7 Å². The minimum absolute atomic E-state index is 0.00882. The Morgan fingerprint density at radius 3 is 3.09 bits per heavy atom. The number of aromatic nitrogens is 2. The summed E-state index contributed by atoms with van der Waals surface area (Å²) in [4.78, 5) is 14.8. The zero-order chi connectivity index (χ0) is 16.4. The third-order valence-corrected chi connectivity index (χ3v) is 4.83. The van der Waals surface area contributed by atoms with Crippen molar-refractivity contribution in [2.75, 3.05) is 33.4 Å². The van der Waals surface area contributed by atoms with E-state index < -0.39 is 0 Å². The number of rotatable bonds is 6. The molecule has 0 aromatic carbocycles. The monoisotopic (exact) mass is 322 g/mol. The van der Waals surface area contributed by atoms with Crippen LogP contribution in [0.4, 0.5) is 0 Å². The molecule has 0 bridgehead atoms. The van der Waals surface area contributed by atoms with Gasteiger partial charge in [0.05, 0.1) is 24.3 Å². The van der Waals surface area contributed by atoms with Gasteiger partial charge in [-0.1, -0.05) is 0 Å². The van der Waals surface area contributed by atoms with E-state index in [2.05, 4.69) is 21.5 Å². The fourth-order valence-corrected chi connectivity index (χ4v) is 3.71. The molecule has 7 nitrogen and oxygen atoms in total. The summed E-state index contributed by atoms with van der Waals surface area (Å²) in [6, 6.07) is 0.327. The van der Waals surface area contributed by atoms with E-state index in [-0.39, 0.29) is 17.9 Å². The van der Waals surface area contributed by atoms with E-state index in [0.29, 0.717) is 19.2 Å². The highest BCUT2D eigenvalue weighted by molar-refractivity contribution is 5.80. The second-order valence-corrected chi connectivity index (χ2v) is 6.42. The molecule has 0 radical (unpaired) electrons. The highest BCUT2D eigenvalue weighted by atomic mass is 16.5. The van der Waals surface area contributed by atoms with Gasteiger partial charge in [-0.3, -0.25) is 14.4 Å². The summed E-state index contributed by atoms with van der Waals surface area (Å²) in [5.74, 6) is -0.0271. The number of fused-ring (bicyclic) bond motifs is 1. The van der Waals surface area contributed by atoms with Gasteiger partial charge < -0.3 is 14.8 Å². The fraction of sp³-hybridized carbons (Fsp3) is 0.750. The van der Waals surface area contributed by atoms with Gasteiger partial charge in [0.2, 0.25) is 5.91 Å². The number of nitrogens with one attached hydrogen (secondary N) is 1. The normalized spacial score (nSPS) is 27.3. The van der Waals surface area contributed by atoms with Gasteiger partial charge in [0.1, 0.15) is 0 Å². The zero-order valence-electron chi connectivity index (χ0n) is 14.1. The van der Waals surface area contributed by atoms with E-state index in [1.54, 1.807) is 7.11 Å². The lowest BCUT2D eigenvalue weighted by Crippen LogP contribution is -2.39. The molecule has 0 saturated carbocycles. The van der Waals surface area contributed by atoms with Crippen molar-refractivity contribution in [3.63, 3.8) is 0 Å². The van der Waals surface area contributed by atoms with Crippen molar-refractivity contribution in [2.24, 2.45) is 13.0 Å². The second-order valence-electron chi connectivity index (χ2n) is 6.42. The highest BCUT2D eigenvalue weighted by Gasteiger charge is 2.48. The van der Waals surface area contributed by atoms with Crippen LogP contribution in [-0.4, -0.2) is 66.1 Å². The van der Waals surface area contributed by atoms with Crippen molar-refractivity contribution in [1.82, 2.24) is 20.0 Å². The van der Waals surface area contributed by atoms with Crippen LogP contribution in [0.3, 0.4) is 0 Å². The van der Waals surface area contributed by atoms with Gasteiger partial charge in [-0.25, -0.2) is 0 Å². The van der Waals surface area contributed by atoms with E-state index in [0.717, 1.165) is 31.8 Å². The largest absolute Gasteiger partial charge is 0.383 e. The summed E-state index contributed by atoms with van der Waals surface area (Å²) in [6.07, 6.45) is 3.06. The summed E-state index contributed by atoms with van der Waals surface area (Å²) < 4.78 is 12.7. The topological polar surface area (TPSA) is 68.6 Å². The molecule has 1 amide bonds. The Morgan fingerprint density at radius 1 is 1.57 bits per heavy atom. The molecule has 23 heavy (non-hydrogen) atoms. The van der Waals surface area contributed by atoms with Crippen molar-refractivity contribution in [3.8, 4) is 0 Å². The highest BCUT2D eigenvalue weighted by Crippen LogP contribution is 2.34. The van der Waals surface area contributed by atoms with Crippen molar-refractivity contribution in [3.05, 3.63) is 17.5 Å². The Labute approximate surface area is 136 Å². The minimum Gasteiger partial charge on any atom is -0.383 e. The maximum Gasteiger partial charge on any atom is 0.227 e. The summed E-state index contributed by atoms with van der Waals surface area (Å²) in [7, 11) is 3.57. The first-order chi connectivity index (χ1) is 11.1. The van der Waals surface area contributed by atoms with Crippen LogP contribution in [-0.2, 0) is 27.9 Å². The standard InChI is InChI=1S/C16H26N4O3/c1-11-12(8-19(2)18-11)9-20-10-13(15-14(20)4-6-23-15)16(21)17-5-7-22-3/h8,13-15H,4-7,9-10H2,1-3H3,(H,17,21)/t13-,14+,15+/m0/s1. The fourth-order valence-electron chi connectivity index (χ4n) is 3.71. The molecule has 2 fully saturated rings. The zero-order valence-corrected chi connectivity index (χ0v) is 14.1. The van der Waals surface area contributed by atoms with Crippen molar-refractivity contribution < 1.29 is 14.3 Å². The Balaban J connectivity index is 1.66. The van der Waals surface area contributed by atoms with Gasteiger partial charge in [0.25, 0.3) is 0 Å². The van der Waals surface area contributed by atoms with Crippen molar-refractivity contribution in [2.45, 2.75) is 32.0 Å². The number of hydrogen-bond acceptors (Lipinski definition) is 5. The third-order valence-electron chi connectivity index (χ3n) is 4.83. The molecule has 7 heteroatoms. The predicted octanol–water partition coefficient (Wildman–Crippen LogP) is 0.0804. The van der Waals surface area contributed by atoms with Gasteiger partial charge in [0, 0.05) is 58.2 Å². The summed E-state index contributed by atoms with van der Waals surface area (Å²) in [5, 5.41) is 7.36. The van der Waals surface area contributed by atoms with Crippen molar-refractivity contribution >= 4 is 5.91 Å². The quantitative estimate of drug-likeness (QED) is 0.751. The first kappa shape index (κ1) is 16.4. The number of hydrogen-bond donors (Lipinski definition) is 1. The van der Waals surface area contributed by atoms with E-state index in [1.165, 1.54) is 5.56 Å². The van der Waals surface area contributed by atoms with Crippen LogP contribution >= 0.6 is 0 Å². The molecule has 2 aliphatic heterocycles. The first-order valence-corrected chi connectivity index (χ1v) is 8.21. The molecular formula is C16H26N4O3. The number of nitrogens with zero attached hydrogens (tertiary/aromatic N) is 3. The van der Waals surface area contributed by atoms with Gasteiger partial charge in [-0.15, -0.1) is 0 Å². The van der Waals surface area contributed by atoms with Crippen LogP contribution in [0.2, 0.25) is 0 Å². The number of aryl methyl sites for hydroxylation is 2. The number of likely N-dealkylation sites (tertiary alicyclic amines) is 1. The lowest BCUT2D eigenvalue weighted by Gasteiger charge is -2.21. The molecule has 3 heterocycles. The van der Waals surface area contributed by atoms with E-state index in [1.807, 2.05) is 18.7 Å². The van der Waals surface area contributed by atoms with Gasteiger partial charge >= 0.3 is 0 Å². The van der Waals surface area contributed by atoms with Gasteiger partial charge in [-0.05, 0) is 13.3 Å². The molecule has 3 rings (SSSR count). The van der Waals surface area contributed by atoms with Crippen LogP contribution < -0.4 is 5.32 Å². The van der Waals surface area contributed by atoms with Gasteiger partial charge in [-0.2, -0.15) is 5.10 Å². The van der Waals surface area contributed by atoms with E-state index in [4.69, 9.17) is 9.47 Å². The average Bonchev–Trinajstić information content (AvgIpc) is 3.17. The van der Waals surface area contributed by atoms with E-state index >= 15 is 0 Å². The number of ether oxygens (including phenoxy) is 2. The van der Waals surface area contributed by atoms with Crippen LogP contribution in [0, 0.1) is 12.8 Å². The third kappa shape index (κ3) is 3.41. The SMILES string of the molecule is COCCNC(=O)[C@H]1CN(Cc2cn(C)nc2C)[C@@H]2CCO[C@H]12. The molecule has 128 valence electrons. The Hall–Kier alpha value is -1.44. The molecule has 1 N–H and O–H groups in total. The molecule has 2 saturated heterocycles. The molecule has 3 atom stereocenters. The van der Waals surface area contributed by atoms with E-state index in [9.17, 15) is 4.79 Å². The molecule has 0 unspecified atom stereocenters. The molecule has 0 aliphatic carbocycles. The van der Waals surface area contributed by atoms with Crippen LogP contribution in [0.5, 0.6) is 0 Å². The summed E-state index contributed by atoms with van der Waals surface area (Å²) in [6.45, 7) is 5.41. The Kier molecular flexibility index (Phi) is 4.99. The number of carbonyl (C=O) groups excluding carboxylic acids is 1. The summed E-state index contributed by atoms with van der Waals surface area (Å²) >= 11 is 0. The second kappa shape index (κ2) is 6.98. The number of carbonyl (C=O) groups is 1. The first-order valence-electron chi connectivity index (χ1n) is 8.21. The average molecular weight is 322 g/mol. The van der Waals surface area contributed by atoms with Crippen LogP contribution in [0.15, 0.2) is 6.20 Å². The number of methoxy groups -OCH3 is 1. The molecular weight excluding hydrogens is 296 g/mol. The molecule has 0 spiro atoms. The van der Waals surface area contributed by atoms with Crippen LogP contribution in [0.25, 0.3) is 0 Å². The molecule has 1 aromatic heterocycles. The number of amides is 1. The minimum atomic E-state index is -0.101. The molecule has 1 aromatic rings. The maximum atomic E-state index is 12.4. The predicted molar refractivity (Wildman–Crippen MR) is 84.9 cm³/mol. The van der Waals surface area contributed by atoms with Crippen molar-refractivity contribution in [1.29, 1.82) is 0 Å². The lowest BCUT2D eigenvalue weighted by molar-refractivity contribution is -0.127. The van der Waals surface area contributed by atoms with Gasteiger partial charge in [0.15, 0.2) is 0 Å². The molecule has 2 aliphatic rings. The Bertz CT molecular complexity index is 560. The Morgan fingerprint density at radius 2 is 2.39 bits per heavy atom. The lowest BCUT2D eigenvalue weighted by atomic mass is 10.0. The maximum absolute atomic E-state index is 12.4. The summed E-state index contributed by atoms with van der Waals surface area (Å²) in [5.41, 5.74) is 2.27.